The van der Waals surface area contributed by atoms with E-state index in [-0.39, 0.29) is 18.9 Å². The fraction of sp³-hybridized carbons (Fsp3) is 0.690. The lowest BCUT2D eigenvalue weighted by atomic mass is 9.84. The van der Waals surface area contributed by atoms with Crippen molar-refractivity contribution < 1.29 is 28.7 Å². The van der Waals surface area contributed by atoms with Crippen LogP contribution in [0.15, 0.2) is 25.3 Å². The lowest BCUT2D eigenvalue weighted by Gasteiger charge is -2.32. The number of ketones is 1. The summed E-state index contributed by atoms with van der Waals surface area (Å²) in [6.07, 6.45) is 9.86. The zero-order valence-corrected chi connectivity index (χ0v) is 23.8. The number of likely N-dealkylation sites (tertiary alicyclic amines) is 1. The standard InChI is InChI=1S/C29H46N4O6/c1-6-8-15-21(24(34)26(36)30-17-7-2)31-25(35)23-16-12-18-33(23)27(37)22(19-20-13-10-9-11-14-20)32-28(38)39-29(3,4)5/h6-7,20-23H,1-2,8-19H2,3-5H3,(H,30,36)(H,31,35)(H,32,38)/t21?,22?,23-/m0/s1. The maximum absolute atomic E-state index is 13.8. The van der Waals surface area contributed by atoms with Crippen LogP contribution in [-0.2, 0) is 23.9 Å². The summed E-state index contributed by atoms with van der Waals surface area (Å²) in [6, 6.07) is -2.67. The highest BCUT2D eigenvalue weighted by Crippen LogP contribution is 2.29. The molecule has 1 aliphatic carbocycles. The molecule has 2 fully saturated rings. The quantitative estimate of drug-likeness (QED) is 0.240. The average molecular weight is 547 g/mol. The number of Topliss-reactive ketones (excluding diaryl/α,β-unsaturated/α-hetero) is 1. The molecule has 0 bridgehead atoms. The van der Waals surface area contributed by atoms with Gasteiger partial charge < -0.3 is 25.6 Å². The van der Waals surface area contributed by atoms with E-state index in [9.17, 15) is 24.0 Å². The normalized spacial score (nSPS) is 19.4. The van der Waals surface area contributed by atoms with Crippen molar-refractivity contribution in [2.45, 2.75) is 109 Å². The zero-order valence-electron chi connectivity index (χ0n) is 23.8. The summed E-state index contributed by atoms with van der Waals surface area (Å²) in [4.78, 5) is 66.3. The minimum absolute atomic E-state index is 0.130. The van der Waals surface area contributed by atoms with E-state index in [0.29, 0.717) is 38.1 Å². The molecule has 0 spiro atoms. The molecule has 3 atom stereocenters. The van der Waals surface area contributed by atoms with Gasteiger partial charge in [-0.15, -0.1) is 13.2 Å². The average Bonchev–Trinajstić information content (AvgIpc) is 3.38. The Kier molecular flexibility index (Phi) is 12.7. The number of allylic oxidation sites excluding steroid dienone is 1. The Morgan fingerprint density at radius 2 is 1.64 bits per heavy atom. The van der Waals surface area contributed by atoms with Crippen LogP contribution >= 0.6 is 0 Å². The van der Waals surface area contributed by atoms with Gasteiger partial charge in [-0.1, -0.05) is 44.3 Å². The van der Waals surface area contributed by atoms with Crippen molar-refractivity contribution in [1.82, 2.24) is 20.9 Å². The van der Waals surface area contributed by atoms with Crippen LogP contribution in [0.2, 0.25) is 0 Å². The number of amides is 4. The maximum atomic E-state index is 13.8. The molecule has 4 amide bonds. The molecule has 0 radical (unpaired) electrons. The predicted octanol–water partition coefficient (Wildman–Crippen LogP) is 3.16. The first kappa shape index (κ1) is 32.0. The van der Waals surface area contributed by atoms with Crippen LogP contribution in [0.5, 0.6) is 0 Å². The number of carbonyl (C=O) groups is 5. The van der Waals surface area contributed by atoms with Crippen LogP contribution in [0.1, 0.15) is 85.0 Å². The van der Waals surface area contributed by atoms with Crippen molar-refractivity contribution in [3.8, 4) is 0 Å². The van der Waals surface area contributed by atoms with Crippen LogP contribution in [0.3, 0.4) is 0 Å². The smallest absolute Gasteiger partial charge is 0.408 e. The predicted molar refractivity (Wildman–Crippen MR) is 149 cm³/mol. The number of alkyl carbamates (subject to hydrolysis) is 1. The van der Waals surface area contributed by atoms with Gasteiger partial charge in [-0.2, -0.15) is 0 Å². The highest BCUT2D eigenvalue weighted by Gasteiger charge is 2.40. The topological polar surface area (TPSA) is 134 Å². The number of carbonyl (C=O) groups excluding carboxylic acids is 5. The molecule has 1 aliphatic heterocycles. The first-order chi connectivity index (χ1) is 18.5. The first-order valence-electron chi connectivity index (χ1n) is 14.1. The highest BCUT2D eigenvalue weighted by molar-refractivity contribution is 6.38. The molecule has 218 valence electrons. The Labute approximate surface area is 232 Å². The third-order valence-corrected chi connectivity index (χ3v) is 7.04. The first-order valence-corrected chi connectivity index (χ1v) is 14.1. The largest absolute Gasteiger partial charge is 0.444 e. The van der Waals surface area contributed by atoms with Gasteiger partial charge in [0.25, 0.3) is 5.91 Å². The number of nitrogens with one attached hydrogen (secondary N) is 3. The van der Waals surface area contributed by atoms with Crippen LogP contribution in [0.4, 0.5) is 4.79 Å². The number of nitrogens with zero attached hydrogens (tertiary/aromatic N) is 1. The van der Waals surface area contributed by atoms with E-state index in [1.807, 2.05) is 0 Å². The van der Waals surface area contributed by atoms with Gasteiger partial charge in [-0.05, 0) is 58.8 Å². The van der Waals surface area contributed by atoms with Crippen LogP contribution in [0.25, 0.3) is 0 Å². The molecule has 1 saturated heterocycles. The number of hydrogen-bond acceptors (Lipinski definition) is 6. The third-order valence-electron chi connectivity index (χ3n) is 7.04. The molecule has 2 unspecified atom stereocenters. The van der Waals surface area contributed by atoms with Crippen LogP contribution in [-0.4, -0.2) is 71.3 Å². The van der Waals surface area contributed by atoms with E-state index in [4.69, 9.17) is 4.74 Å². The fourth-order valence-corrected chi connectivity index (χ4v) is 5.16. The van der Waals surface area contributed by atoms with Gasteiger partial charge in [-0.25, -0.2) is 4.79 Å². The monoisotopic (exact) mass is 546 g/mol. The maximum Gasteiger partial charge on any atom is 0.408 e. The Hall–Kier alpha value is -3.17. The van der Waals surface area contributed by atoms with Gasteiger partial charge in [0.2, 0.25) is 17.6 Å². The van der Waals surface area contributed by atoms with Crippen molar-refractivity contribution in [2.24, 2.45) is 5.92 Å². The molecule has 3 N–H and O–H groups in total. The molecule has 0 aromatic rings. The van der Waals surface area contributed by atoms with E-state index in [2.05, 4.69) is 29.1 Å². The molecular formula is C29H46N4O6. The van der Waals surface area contributed by atoms with Gasteiger partial charge in [-0.3, -0.25) is 19.2 Å². The lowest BCUT2D eigenvalue weighted by Crippen LogP contribution is -2.56. The van der Waals surface area contributed by atoms with E-state index < -0.39 is 47.4 Å². The van der Waals surface area contributed by atoms with Gasteiger partial charge in [0.15, 0.2) is 0 Å². The van der Waals surface area contributed by atoms with E-state index >= 15 is 0 Å². The van der Waals surface area contributed by atoms with Crippen molar-refractivity contribution >= 4 is 29.6 Å². The van der Waals surface area contributed by atoms with E-state index in [0.717, 1.165) is 25.7 Å². The fourth-order valence-electron chi connectivity index (χ4n) is 5.16. The minimum Gasteiger partial charge on any atom is -0.444 e. The summed E-state index contributed by atoms with van der Waals surface area (Å²) < 4.78 is 5.42. The molecule has 0 aromatic heterocycles. The van der Waals surface area contributed by atoms with Gasteiger partial charge in [0, 0.05) is 13.1 Å². The molecule has 39 heavy (non-hydrogen) atoms. The summed E-state index contributed by atoms with van der Waals surface area (Å²) in [7, 11) is 0. The third kappa shape index (κ3) is 10.5. The number of hydrogen-bond donors (Lipinski definition) is 3. The second-order valence-electron chi connectivity index (χ2n) is 11.4. The molecule has 10 nitrogen and oxygen atoms in total. The Morgan fingerprint density at radius 3 is 2.26 bits per heavy atom. The summed E-state index contributed by atoms with van der Waals surface area (Å²) in [5, 5.41) is 7.91. The van der Waals surface area contributed by atoms with Crippen LogP contribution < -0.4 is 16.0 Å². The highest BCUT2D eigenvalue weighted by atomic mass is 16.6. The minimum atomic E-state index is -1.05. The Morgan fingerprint density at radius 1 is 0.949 bits per heavy atom. The molecular weight excluding hydrogens is 500 g/mol. The van der Waals surface area contributed by atoms with Crippen LogP contribution in [0, 0.1) is 5.92 Å². The molecule has 0 aromatic carbocycles. The molecule has 2 aliphatic rings. The van der Waals surface area contributed by atoms with Gasteiger partial charge in [0.1, 0.15) is 17.7 Å². The van der Waals surface area contributed by atoms with Crippen molar-refractivity contribution in [3.63, 3.8) is 0 Å². The second kappa shape index (κ2) is 15.4. The van der Waals surface area contributed by atoms with Gasteiger partial charge >= 0.3 is 6.09 Å². The van der Waals surface area contributed by atoms with Crippen molar-refractivity contribution in [2.75, 3.05) is 13.1 Å². The SMILES string of the molecule is C=CCCC(NC(=O)[C@@H]1CCCN1C(=O)C(CC1CCCCC1)NC(=O)OC(C)(C)C)C(=O)C(=O)NCC=C. The second-order valence-corrected chi connectivity index (χ2v) is 11.4. The summed E-state index contributed by atoms with van der Waals surface area (Å²) in [6.45, 7) is 12.9. The number of ether oxygens (including phenoxy) is 1. The van der Waals surface area contributed by atoms with E-state index in [1.54, 1.807) is 26.8 Å². The summed E-state index contributed by atoms with van der Waals surface area (Å²) in [5.74, 6) is -2.09. The Bertz CT molecular complexity index is 906. The number of rotatable bonds is 13. The van der Waals surface area contributed by atoms with Crippen molar-refractivity contribution in [3.05, 3.63) is 25.3 Å². The Balaban J connectivity index is 2.17. The molecule has 10 heteroatoms. The molecule has 1 heterocycles. The van der Waals surface area contributed by atoms with Crippen molar-refractivity contribution in [1.29, 1.82) is 0 Å². The summed E-state index contributed by atoms with van der Waals surface area (Å²) in [5.41, 5.74) is -0.719. The molecule has 2 rings (SSSR count). The zero-order chi connectivity index (χ0) is 29.0. The lowest BCUT2D eigenvalue weighted by molar-refractivity contribution is -0.143. The van der Waals surface area contributed by atoms with Gasteiger partial charge in [0.05, 0.1) is 6.04 Å². The van der Waals surface area contributed by atoms with E-state index in [1.165, 1.54) is 17.4 Å². The summed E-state index contributed by atoms with van der Waals surface area (Å²) >= 11 is 0. The molecule has 1 saturated carbocycles.